The van der Waals surface area contributed by atoms with E-state index in [0.29, 0.717) is 0 Å². The molecule has 2 rings (SSSR count). The van der Waals surface area contributed by atoms with Crippen LogP contribution in [0.4, 0.5) is 4.39 Å². The SMILES string of the molecule is CC(NCCc1ccccc1)c1ccc(Cl)c(F)c1. The van der Waals surface area contributed by atoms with Gasteiger partial charge in [0.25, 0.3) is 0 Å². The zero-order chi connectivity index (χ0) is 13.7. The van der Waals surface area contributed by atoms with Crippen molar-refractivity contribution in [3.63, 3.8) is 0 Å². The Morgan fingerprint density at radius 1 is 1.16 bits per heavy atom. The topological polar surface area (TPSA) is 12.0 Å². The fourth-order valence-electron chi connectivity index (χ4n) is 1.98. The van der Waals surface area contributed by atoms with Crippen LogP contribution in [-0.4, -0.2) is 6.54 Å². The van der Waals surface area contributed by atoms with Crippen molar-refractivity contribution in [2.24, 2.45) is 0 Å². The lowest BCUT2D eigenvalue weighted by Crippen LogP contribution is -2.21. The first kappa shape index (κ1) is 14.0. The molecule has 0 bridgehead atoms. The summed E-state index contributed by atoms with van der Waals surface area (Å²) in [5.74, 6) is -0.365. The minimum Gasteiger partial charge on any atom is -0.310 e. The van der Waals surface area contributed by atoms with Crippen LogP contribution in [0, 0.1) is 5.82 Å². The van der Waals surface area contributed by atoms with Gasteiger partial charge in [-0.15, -0.1) is 0 Å². The van der Waals surface area contributed by atoms with Gasteiger partial charge in [-0.25, -0.2) is 4.39 Å². The van der Waals surface area contributed by atoms with Crippen molar-refractivity contribution in [2.45, 2.75) is 19.4 Å². The van der Waals surface area contributed by atoms with E-state index in [1.807, 2.05) is 31.2 Å². The lowest BCUT2D eigenvalue weighted by atomic mass is 10.1. The van der Waals surface area contributed by atoms with Gasteiger partial charge < -0.3 is 5.32 Å². The molecule has 2 aromatic rings. The van der Waals surface area contributed by atoms with Gasteiger partial charge in [0, 0.05) is 6.04 Å². The zero-order valence-corrected chi connectivity index (χ0v) is 11.6. The molecule has 0 fully saturated rings. The molecule has 0 heterocycles. The molecule has 1 nitrogen and oxygen atoms in total. The first-order valence-corrected chi connectivity index (χ1v) is 6.77. The molecule has 0 radical (unpaired) electrons. The Morgan fingerprint density at radius 2 is 1.89 bits per heavy atom. The molecular weight excluding hydrogens is 261 g/mol. The Morgan fingerprint density at radius 3 is 2.58 bits per heavy atom. The standard InChI is InChI=1S/C16H17ClFN/c1-12(14-7-8-15(17)16(18)11-14)19-10-9-13-5-3-2-4-6-13/h2-8,11-12,19H,9-10H2,1H3. The first-order valence-electron chi connectivity index (χ1n) is 6.39. The van der Waals surface area contributed by atoms with E-state index in [1.165, 1.54) is 11.6 Å². The van der Waals surface area contributed by atoms with Crippen molar-refractivity contribution in [3.05, 3.63) is 70.5 Å². The number of hydrogen-bond acceptors (Lipinski definition) is 1. The highest BCUT2D eigenvalue weighted by Gasteiger charge is 2.07. The summed E-state index contributed by atoms with van der Waals surface area (Å²) in [6, 6.07) is 15.3. The molecule has 0 aliphatic carbocycles. The largest absolute Gasteiger partial charge is 0.310 e. The van der Waals surface area contributed by atoms with Crippen molar-refractivity contribution >= 4 is 11.6 Å². The third-order valence-corrected chi connectivity index (χ3v) is 3.46. The van der Waals surface area contributed by atoms with Crippen molar-refractivity contribution < 1.29 is 4.39 Å². The molecule has 0 saturated carbocycles. The maximum Gasteiger partial charge on any atom is 0.142 e. The Kier molecular flexibility index (Phi) is 4.94. The normalized spacial score (nSPS) is 12.4. The summed E-state index contributed by atoms with van der Waals surface area (Å²) >= 11 is 5.67. The van der Waals surface area contributed by atoms with Crippen LogP contribution in [-0.2, 0) is 6.42 Å². The third-order valence-electron chi connectivity index (χ3n) is 3.15. The number of halogens is 2. The summed E-state index contributed by atoms with van der Waals surface area (Å²) in [5.41, 5.74) is 2.21. The van der Waals surface area contributed by atoms with Gasteiger partial charge in [-0.3, -0.25) is 0 Å². The maximum atomic E-state index is 13.4. The monoisotopic (exact) mass is 277 g/mol. The number of benzene rings is 2. The molecule has 100 valence electrons. The van der Waals surface area contributed by atoms with E-state index in [2.05, 4.69) is 17.4 Å². The van der Waals surface area contributed by atoms with E-state index in [-0.39, 0.29) is 16.9 Å². The van der Waals surface area contributed by atoms with Gasteiger partial charge >= 0.3 is 0 Å². The molecule has 0 aliphatic rings. The molecule has 0 saturated heterocycles. The van der Waals surface area contributed by atoms with E-state index in [4.69, 9.17) is 11.6 Å². The Labute approximate surface area is 118 Å². The smallest absolute Gasteiger partial charge is 0.142 e. The minimum absolute atomic E-state index is 0.107. The van der Waals surface area contributed by atoms with Crippen LogP contribution in [0.3, 0.4) is 0 Å². The van der Waals surface area contributed by atoms with E-state index >= 15 is 0 Å². The second-order valence-electron chi connectivity index (χ2n) is 4.58. The summed E-state index contributed by atoms with van der Waals surface area (Å²) in [5, 5.41) is 3.55. The fourth-order valence-corrected chi connectivity index (χ4v) is 2.09. The molecule has 0 aliphatic heterocycles. The Balaban J connectivity index is 1.87. The van der Waals surface area contributed by atoms with Crippen LogP contribution >= 0.6 is 11.6 Å². The predicted octanol–water partition coefficient (Wildman–Crippen LogP) is 4.37. The van der Waals surface area contributed by atoms with Gasteiger partial charge in [0.1, 0.15) is 5.82 Å². The second-order valence-corrected chi connectivity index (χ2v) is 4.99. The third kappa shape index (κ3) is 4.05. The average Bonchev–Trinajstić information content (AvgIpc) is 2.43. The molecule has 0 aromatic heterocycles. The van der Waals surface area contributed by atoms with E-state index in [0.717, 1.165) is 18.5 Å². The van der Waals surface area contributed by atoms with Gasteiger partial charge in [-0.05, 0) is 43.1 Å². The van der Waals surface area contributed by atoms with Crippen molar-refractivity contribution in [1.29, 1.82) is 0 Å². The summed E-state index contributed by atoms with van der Waals surface area (Å²) in [7, 11) is 0. The molecule has 19 heavy (non-hydrogen) atoms. The molecule has 0 amide bonds. The van der Waals surface area contributed by atoms with Crippen molar-refractivity contribution in [3.8, 4) is 0 Å². The van der Waals surface area contributed by atoms with Gasteiger partial charge in [0.15, 0.2) is 0 Å². The van der Waals surface area contributed by atoms with E-state index in [9.17, 15) is 4.39 Å². The minimum atomic E-state index is -0.365. The summed E-state index contributed by atoms with van der Waals surface area (Å²) < 4.78 is 13.4. The summed E-state index contributed by atoms with van der Waals surface area (Å²) in [6.07, 6.45) is 0.960. The van der Waals surface area contributed by atoms with Crippen molar-refractivity contribution in [2.75, 3.05) is 6.54 Å². The van der Waals surface area contributed by atoms with Crippen LogP contribution in [0.25, 0.3) is 0 Å². The Bertz CT molecular complexity index is 528. The highest BCUT2D eigenvalue weighted by atomic mass is 35.5. The second kappa shape index (κ2) is 6.69. The average molecular weight is 278 g/mol. The van der Waals surface area contributed by atoms with Crippen molar-refractivity contribution in [1.82, 2.24) is 5.32 Å². The fraction of sp³-hybridized carbons (Fsp3) is 0.250. The van der Waals surface area contributed by atoms with Crippen LogP contribution < -0.4 is 5.32 Å². The lowest BCUT2D eigenvalue weighted by Gasteiger charge is -2.14. The van der Waals surface area contributed by atoms with E-state index < -0.39 is 0 Å². The molecule has 1 atom stereocenters. The molecule has 2 aromatic carbocycles. The molecule has 0 spiro atoms. The predicted molar refractivity (Wildman–Crippen MR) is 78.0 cm³/mol. The number of hydrogen-bond donors (Lipinski definition) is 1. The molecule has 1 N–H and O–H groups in total. The van der Waals surface area contributed by atoms with Gasteiger partial charge in [0.2, 0.25) is 0 Å². The maximum absolute atomic E-state index is 13.4. The Hall–Kier alpha value is -1.38. The van der Waals surface area contributed by atoms with E-state index in [1.54, 1.807) is 6.07 Å². The summed E-state index contributed by atoms with van der Waals surface area (Å²) in [4.78, 5) is 0. The molecule has 3 heteroatoms. The number of nitrogens with one attached hydrogen (secondary N) is 1. The summed E-state index contributed by atoms with van der Waals surface area (Å²) in [6.45, 7) is 2.88. The van der Waals surface area contributed by atoms with Crippen LogP contribution in [0.2, 0.25) is 5.02 Å². The van der Waals surface area contributed by atoms with Gasteiger partial charge in [0.05, 0.1) is 5.02 Å². The quantitative estimate of drug-likeness (QED) is 0.856. The molecular formula is C16H17ClFN. The van der Waals surface area contributed by atoms with Crippen LogP contribution in [0.15, 0.2) is 48.5 Å². The first-order chi connectivity index (χ1) is 9.16. The molecule has 1 unspecified atom stereocenters. The number of rotatable bonds is 5. The lowest BCUT2D eigenvalue weighted by molar-refractivity contribution is 0.567. The zero-order valence-electron chi connectivity index (χ0n) is 10.9. The highest BCUT2D eigenvalue weighted by Crippen LogP contribution is 2.19. The highest BCUT2D eigenvalue weighted by molar-refractivity contribution is 6.30. The van der Waals surface area contributed by atoms with Gasteiger partial charge in [-0.2, -0.15) is 0 Å². The van der Waals surface area contributed by atoms with Crippen LogP contribution in [0.1, 0.15) is 24.1 Å². The van der Waals surface area contributed by atoms with Gasteiger partial charge in [-0.1, -0.05) is 48.0 Å². The van der Waals surface area contributed by atoms with Crippen LogP contribution in [0.5, 0.6) is 0 Å².